The van der Waals surface area contributed by atoms with E-state index < -0.39 is 0 Å². The van der Waals surface area contributed by atoms with Crippen molar-refractivity contribution in [3.63, 3.8) is 0 Å². The molecule has 0 aliphatic carbocycles. The molecule has 2 heteroatoms. The molecular formula is C6H11NO. The van der Waals surface area contributed by atoms with Gasteiger partial charge >= 0.3 is 0 Å². The molecule has 8 heavy (non-hydrogen) atoms. The average molecular weight is 113 g/mol. The normalized spacial score (nSPS) is 12.1. The van der Waals surface area contributed by atoms with Gasteiger partial charge in [-0.05, 0) is 5.92 Å². The molecule has 2 N–H and O–H groups in total. The van der Waals surface area contributed by atoms with Gasteiger partial charge in [0, 0.05) is 11.8 Å². The number of rotatable bonds is 2. The van der Waals surface area contributed by atoms with E-state index >= 15 is 0 Å². The lowest BCUT2D eigenvalue weighted by Crippen LogP contribution is -1.93. The standard InChI is InChI=1S/C6H11NO/c1-5(2)6(3-7)4-8/h3-5,7-8H,1-2H3/b6-4+,7-3?. The molecule has 0 aliphatic heterocycles. The molecule has 0 atom stereocenters. The molecule has 0 aromatic carbocycles. The molecule has 2 nitrogen and oxygen atoms in total. The first-order valence-electron chi connectivity index (χ1n) is 2.57. The lowest BCUT2D eigenvalue weighted by Gasteiger charge is -1.99. The number of allylic oxidation sites excluding steroid dienone is 1. The van der Waals surface area contributed by atoms with Crippen LogP contribution in [0.3, 0.4) is 0 Å². The SMILES string of the molecule is CC(C)/C(C=N)=C/O. The molecule has 0 aromatic rings. The van der Waals surface area contributed by atoms with E-state index in [0.717, 1.165) is 12.5 Å². The van der Waals surface area contributed by atoms with Gasteiger partial charge in [0.05, 0.1) is 6.26 Å². The third-order valence-electron chi connectivity index (χ3n) is 0.982. The van der Waals surface area contributed by atoms with Crippen molar-refractivity contribution in [3.05, 3.63) is 11.8 Å². The van der Waals surface area contributed by atoms with Crippen molar-refractivity contribution >= 4 is 6.21 Å². The van der Waals surface area contributed by atoms with Crippen LogP contribution in [-0.4, -0.2) is 11.3 Å². The minimum absolute atomic E-state index is 0.248. The fourth-order valence-corrected chi connectivity index (χ4v) is 0.353. The first-order chi connectivity index (χ1) is 3.72. The van der Waals surface area contributed by atoms with E-state index in [9.17, 15) is 0 Å². The molecule has 0 aliphatic rings. The van der Waals surface area contributed by atoms with Gasteiger partial charge in [0.2, 0.25) is 0 Å². The Kier molecular flexibility index (Phi) is 2.92. The van der Waals surface area contributed by atoms with Crippen molar-refractivity contribution in [1.82, 2.24) is 0 Å². The number of aliphatic hydroxyl groups excluding tert-OH is 1. The van der Waals surface area contributed by atoms with E-state index in [1.165, 1.54) is 0 Å². The maximum Gasteiger partial charge on any atom is 0.0841 e. The average Bonchev–Trinajstić information content (AvgIpc) is 1.69. The second-order valence-corrected chi connectivity index (χ2v) is 1.93. The van der Waals surface area contributed by atoms with Gasteiger partial charge in [0.15, 0.2) is 0 Å². The lowest BCUT2D eigenvalue weighted by molar-refractivity contribution is 0.463. The van der Waals surface area contributed by atoms with Crippen molar-refractivity contribution in [2.45, 2.75) is 13.8 Å². The smallest absolute Gasteiger partial charge is 0.0841 e. The van der Waals surface area contributed by atoms with Gasteiger partial charge in [-0.1, -0.05) is 13.8 Å². The van der Waals surface area contributed by atoms with Crippen LogP contribution < -0.4 is 0 Å². The Labute approximate surface area is 49.4 Å². The largest absolute Gasteiger partial charge is 0.515 e. The van der Waals surface area contributed by atoms with Crippen LogP contribution in [0.4, 0.5) is 0 Å². The van der Waals surface area contributed by atoms with Crippen LogP contribution in [0.15, 0.2) is 11.8 Å². The highest BCUT2D eigenvalue weighted by Crippen LogP contribution is 2.03. The summed E-state index contributed by atoms with van der Waals surface area (Å²) in [6.07, 6.45) is 2.13. The third-order valence-corrected chi connectivity index (χ3v) is 0.982. The summed E-state index contributed by atoms with van der Waals surface area (Å²) in [6.45, 7) is 3.85. The molecule has 0 bridgehead atoms. The Balaban J connectivity index is 3.91. The summed E-state index contributed by atoms with van der Waals surface area (Å²) >= 11 is 0. The molecule has 0 rings (SSSR count). The molecule has 0 radical (unpaired) electrons. The maximum atomic E-state index is 8.38. The van der Waals surface area contributed by atoms with Crippen LogP contribution in [0.25, 0.3) is 0 Å². The van der Waals surface area contributed by atoms with Crippen LogP contribution >= 0.6 is 0 Å². The molecule has 0 amide bonds. The lowest BCUT2D eigenvalue weighted by atomic mass is 10.1. The highest BCUT2D eigenvalue weighted by Gasteiger charge is 1.96. The highest BCUT2D eigenvalue weighted by atomic mass is 16.2. The first kappa shape index (κ1) is 7.21. The topological polar surface area (TPSA) is 44.1 Å². The fraction of sp³-hybridized carbons (Fsp3) is 0.500. The van der Waals surface area contributed by atoms with E-state index in [-0.39, 0.29) is 5.92 Å². The van der Waals surface area contributed by atoms with Crippen molar-refractivity contribution < 1.29 is 5.11 Å². The summed E-state index contributed by atoms with van der Waals surface area (Å²) in [4.78, 5) is 0. The van der Waals surface area contributed by atoms with E-state index in [1.54, 1.807) is 0 Å². The van der Waals surface area contributed by atoms with Crippen molar-refractivity contribution in [2.75, 3.05) is 0 Å². The molecule has 46 valence electrons. The Morgan fingerprint density at radius 2 is 2.12 bits per heavy atom. The molecule has 0 saturated heterocycles. The van der Waals surface area contributed by atoms with Gasteiger partial charge in [-0.2, -0.15) is 0 Å². The minimum atomic E-state index is 0.248. The molecule has 0 heterocycles. The zero-order valence-electron chi connectivity index (χ0n) is 5.18. The Morgan fingerprint density at radius 1 is 1.62 bits per heavy atom. The minimum Gasteiger partial charge on any atom is -0.515 e. The summed E-state index contributed by atoms with van der Waals surface area (Å²) in [7, 11) is 0. The summed E-state index contributed by atoms with van der Waals surface area (Å²) in [6, 6.07) is 0. The number of nitrogens with one attached hydrogen (secondary N) is 1. The van der Waals surface area contributed by atoms with E-state index in [1.807, 2.05) is 13.8 Å². The second-order valence-electron chi connectivity index (χ2n) is 1.93. The summed E-state index contributed by atoms with van der Waals surface area (Å²) in [5, 5.41) is 15.1. The quantitative estimate of drug-likeness (QED) is 0.415. The number of hydrogen-bond donors (Lipinski definition) is 2. The van der Waals surface area contributed by atoms with Crippen molar-refractivity contribution in [1.29, 1.82) is 5.41 Å². The monoisotopic (exact) mass is 113 g/mol. The van der Waals surface area contributed by atoms with Crippen LogP contribution in [0.2, 0.25) is 0 Å². The zero-order valence-corrected chi connectivity index (χ0v) is 5.18. The van der Waals surface area contributed by atoms with Gasteiger partial charge in [-0.3, -0.25) is 0 Å². The Bertz CT molecular complexity index is 105. The van der Waals surface area contributed by atoms with Crippen molar-refractivity contribution in [2.24, 2.45) is 5.92 Å². The first-order valence-corrected chi connectivity index (χ1v) is 2.57. The Hall–Kier alpha value is -0.790. The van der Waals surface area contributed by atoms with Crippen LogP contribution in [0, 0.1) is 11.3 Å². The summed E-state index contributed by atoms with van der Waals surface area (Å²) in [5.41, 5.74) is 0.657. The van der Waals surface area contributed by atoms with Gasteiger partial charge < -0.3 is 10.5 Å². The van der Waals surface area contributed by atoms with Gasteiger partial charge in [-0.25, -0.2) is 0 Å². The van der Waals surface area contributed by atoms with E-state index in [0.29, 0.717) is 5.57 Å². The fourth-order valence-electron chi connectivity index (χ4n) is 0.353. The van der Waals surface area contributed by atoms with Crippen LogP contribution in [-0.2, 0) is 0 Å². The van der Waals surface area contributed by atoms with Gasteiger partial charge in [-0.15, -0.1) is 0 Å². The molecule has 0 unspecified atom stereocenters. The van der Waals surface area contributed by atoms with Crippen LogP contribution in [0.1, 0.15) is 13.8 Å². The van der Waals surface area contributed by atoms with E-state index in [4.69, 9.17) is 10.5 Å². The van der Waals surface area contributed by atoms with E-state index in [2.05, 4.69) is 0 Å². The van der Waals surface area contributed by atoms with Crippen LogP contribution in [0.5, 0.6) is 0 Å². The molecule has 0 spiro atoms. The third kappa shape index (κ3) is 1.78. The second kappa shape index (κ2) is 3.24. The molecule has 0 saturated carbocycles. The predicted octanol–water partition coefficient (Wildman–Crippen LogP) is 1.73. The number of aliphatic hydroxyl groups is 1. The maximum absolute atomic E-state index is 8.38. The molecule has 0 aromatic heterocycles. The van der Waals surface area contributed by atoms with Gasteiger partial charge in [0.1, 0.15) is 0 Å². The summed E-state index contributed by atoms with van der Waals surface area (Å²) in [5.74, 6) is 0.248. The zero-order chi connectivity index (χ0) is 6.57. The molecule has 0 fully saturated rings. The van der Waals surface area contributed by atoms with Crippen molar-refractivity contribution in [3.8, 4) is 0 Å². The van der Waals surface area contributed by atoms with Gasteiger partial charge in [0.25, 0.3) is 0 Å². The summed E-state index contributed by atoms with van der Waals surface area (Å²) < 4.78 is 0. The Morgan fingerprint density at radius 3 is 2.12 bits per heavy atom. The number of hydrogen-bond acceptors (Lipinski definition) is 2. The highest BCUT2D eigenvalue weighted by molar-refractivity contribution is 5.75. The predicted molar refractivity (Wildman–Crippen MR) is 34.3 cm³/mol. The molecular weight excluding hydrogens is 102 g/mol.